The quantitative estimate of drug-likeness (QED) is 0.596. The highest BCUT2D eigenvalue weighted by Crippen LogP contribution is 2.33. The van der Waals surface area contributed by atoms with E-state index in [1.807, 2.05) is 54.6 Å². The Balaban J connectivity index is 1.52. The highest BCUT2D eigenvalue weighted by atomic mass is 32.1. The van der Waals surface area contributed by atoms with E-state index in [-0.39, 0.29) is 16.9 Å². The van der Waals surface area contributed by atoms with Crippen LogP contribution >= 0.6 is 12.2 Å². The van der Waals surface area contributed by atoms with E-state index in [4.69, 9.17) is 12.2 Å². The molecule has 0 saturated carbocycles. The fourth-order valence-corrected chi connectivity index (χ4v) is 3.38. The molecule has 4 rings (SSSR count). The lowest BCUT2D eigenvalue weighted by molar-refractivity contribution is -0.141. The molecule has 2 heterocycles. The Labute approximate surface area is 177 Å². The van der Waals surface area contributed by atoms with Gasteiger partial charge in [0.05, 0.1) is 0 Å². The summed E-state index contributed by atoms with van der Waals surface area (Å²) in [6.07, 6.45) is -4.60. The van der Waals surface area contributed by atoms with Crippen molar-refractivity contribution in [1.82, 2.24) is 15.3 Å². The Morgan fingerprint density at radius 1 is 0.967 bits per heavy atom. The number of aromatic nitrogens is 2. The van der Waals surface area contributed by atoms with Crippen LogP contribution < -0.4 is 15.5 Å². The fraction of sp³-hybridized carbons (Fsp3) is 0.190. The van der Waals surface area contributed by atoms with Gasteiger partial charge in [-0.05, 0) is 28.9 Å². The first-order chi connectivity index (χ1) is 14.4. The molecule has 2 N–H and O–H groups in total. The van der Waals surface area contributed by atoms with Gasteiger partial charge in [0.25, 0.3) is 0 Å². The zero-order valence-corrected chi connectivity index (χ0v) is 16.6. The Bertz CT molecular complexity index is 1030. The molecule has 0 spiro atoms. The van der Waals surface area contributed by atoms with Gasteiger partial charge in [-0.25, -0.2) is 4.98 Å². The van der Waals surface area contributed by atoms with Crippen LogP contribution in [-0.2, 0) is 25.8 Å². The monoisotopic (exact) mass is 429 g/mol. The van der Waals surface area contributed by atoms with Crippen molar-refractivity contribution in [2.75, 3.05) is 10.2 Å². The lowest BCUT2D eigenvalue weighted by atomic mass is 10.1. The average Bonchev–Trinajstić information content (AvgIpc) is 3.17. The summed E-state index contributed by atoms with van der Waals surface area (Å²) in [6, 6.07) is 18.2. The summed E-state index contributed by atoms with van der Waals surface area (Å²) >= 11 is 5.21. The molecule has 1 aromatic heterocycles. The molecule has 2 aromatic carbocycles. The molecule has 0 radical (unpaired) electrons. The Morgan fingerprint density at radius 2 is 1.60 bits per heavy atom. The first kappa shape index (κ1) is 20.1. The van der Waals surface area contributed by atoms with Crippen molar-refractivity contribution in [3.05, 3.63) is 83.0 Å². The molecule has 0 atom stereocenters. The Kier molecular flexibility index (Phi) is 5.54. The number of rotatable bonds is 4. The number of nitrogens with one attached hydrogen (secondary N) is 2. The third-order valence-corrected chi connectivity index (χ3v) is 4.94. The summed E-state index contributed by atoms with van der Waals surface area (Å²) in [5.41, 5.74) is 2.11. The van der Waals surface area contributed by atoms with Gasteiger partial charge < -0.3 is 15.5 Å². The molecule has 0 bridgehead atoms. The number of benzene rings is 2. The van der Waals surface area contributed by atoms with Crippen LogP contribution in [0, 0.1) is 0 Å². The van der Waals surface area contributed by atoms with Crippen LogP contribution in [0.15, 0.2) is 60.7 Å². The topological polar surface area (TPSA) is 53.1 Å². The van der Waals surface area contributed by atoms with Crippen molar-refractivity contribution in [2.24, 2.45) is 0 Å². The van der Waals surface area contributed by atoms with E-state index >= 15 is 0 Å². The van der Waals surface area contributed by atoms with E-state index in [0.717, 1.165) is 22.8 Å². The normalized spacial score (nSPS) is 13.1. The summed E-state index contributed by atoms with van der Waals surface area (Å²) in [4.78, 5) is 9.69. The van der Waals surface area contributed by atoms with Crippen molar-refractivity contribution in [1.29, 1.82) is 0 Å². The molecule has 9 heteroatoms. The zero-order chi connectivity index (χ0) is 21.1. The number of halogens is 3. The standard InChI is InChI=1S/C21H18F3N5S/c22-21(23,24)17-10-18(29-12-15-8-4-5-9-16(15)13-29)27-19(26-17)28-20(30)25-11-14-6-2-1-3-7-14/h1-10H,11-13H2,(H2,25,26,27,28,30). The Morgan fingerprint density at radius 3 is 2.23 bits per heavy atom. The van der Waals surface area contributed by atoms with Crippen LogP contribution in [0.25, 0.3) is 0 Å². The smallest absolute Gasteiger partial charge is 0.358 e. The lowest BCUT2D eigenvalue weighted by Crippen LogP contribution is -2.29. The van der Waals surface area contributed by atoms with Crippen molar-refractivity contribution in [3.8, 4) is 0 Å². The number of anilines is 2. The highest BCUT2D eigenvalue weighted by Gasteiger charge is 2.35. The molecule has 0 fully saturated rings. The fourth-order valence-electron chi connectivity index (χ4n) is 3.22. The van der Waals surface area contributed by atoms with Gasteiger partial charge in [0.1, 0.15) is 5.82 Å². The summed E-state index contributed by atoms with van der Waals surface area (Å²) < 4.78 is 40.3. The molecule has 30 heavy (non-hydrogen) atoms. The predicted octanol–water partition coefficient (Wildman–Crippen LogP) is 4.50. The molecule has 0 amide bonds. The number of fused-ring (bicyclic) bond motifs is 1. The number of hydrogen-bond acceptors (Lipinski definition) is 4. The summed E-state index contributed by atoms with van der Waals surface area (Å²) in [7, 11) is 0. The van der Waals surface area contributed by atoms with Crippen LogP contribution in [0.2, 0.25) is 0 Å². The molecular formula is C21H18F3N5S. The van der Waals surface area contributed by atoms with E-state index in [1.165, 1.54) is 0 Å². The van der Waals surface area contributed by atoms with Gasteiger partial charge in [0, 0.05) is 25.7 Å². The van der Waals surface area contributed by atoms with Crippen LogP contribution in [0.3, 0.4) is 0 Å². The molecule has 1 aliphatic heterocycles. The zero-order valence-electron chi connectivity index (χ0n) is 15.8. The largest absolute Gasteiger partial charge is 0.433 e. The summed E-state index contributed by atoms with van der Waals surface area (Å²) in [5, 5.41) is 5.78. The van der Waals surface area contributed by atoms with E-state index < -0.39 is 11.9 Å². The molecule has 0 saturated heterocycles. The second-order valence-electron chi connectivity index (χ2n) is 6.85. The van der Waals surface area contributed by atoms with Gasteiger partial charge in [-0.2, -0.15) is 18.2 Å². The Hall–Kier alpha value is -3.20. The van der Waals surface area contributed by atoms with Crippen LogP contribution in [-0.4, -0.2) is 15.1 Å². The summed E-state index contributed by atoms with van der Waals surface area (Å²) in [5.74, 6) is 0.00299. The van der Waals surface area contributed by atoms with Gasteiger partial charge in [-0.1, -0.05) is 54.6 Å². The summed E-state index contributed by atoms with van der Waals surface area (Å²) in [6.45, 7) is 1.40. The minimum atomic E-state index is -4.60. The van der Waals surface area contributed by atoms with Crippen molar-refractivity contribution >= 4 is 29.1 Å². The molecule has 0 unspecified atom stereocenters. The highest BCUT2D eigenvalue weighted by molar-refractivity contribution is 7.80. The van der Waals surface area contributed by atoms with E-state index in [9.17, 15) is 13.2 Å². The van der Waals surface area contributed by atoms with Crippen molar-refractivity contribution in [2.45, 2.75) is 25.8 Å². The van der Waals surface area contributed by atoms with Gasteiger partial charge in [0.2, 0.25) is 5.95 Å². The van der Waals surface area contributed by atoms with Gasteiger partial charge in [-0.15, -0.1) is 0 Å². The molecule has 5 nitrogen and oxygen atoms in total. The SMILES string of the molecule is FC(F)(F)c1cc(N2Cc3ccccc3C2)nc(NC(=S)NCc2ccccc2)n1. The van der Waals surface area contributed by atoms with Crippen molar-refractivity contribution < 1.29 is 13.2 Å². The number of thiocarbonyl (C=S) groups is 1. The van der Waals surface area contributed by atoms with E-state index in [2.05, 4.69) is 20.6 Å². The predicted molar refractivity (Wildman–Crippen MR) is 113 cm³/mol. The third-order valence-electron chi connectivity index (χ3n) is 4.69. The van der Waals surface area contributed by atoms with E-state index in [1.54, 1.807) is 4.90 Å². The molecule has 154 valence electrons. The van der Waals surface area contributed by atoms with Gasteiger partial charge in [-0.3, -0.25) is 0 Å². The molecular weight excluding hydrogens is 411 g/mol. The molecule has 0 aliphatic carbocycles. The second-order valence-corrected chi connectivity index (χ2v) is 7.26. The van der Waals surface area contributed by atoms with E-state index in [0.29, 0.717) is 19.6 Å². The van der Waals surface area contributed by atoms with Gasteiger partial charge >= 0.3 is 6.18 Å². The van der Waals surface area contributed by atoms with Crippen LogP contribution in [0.5, 0.6) is 0 Å². The maximum absolute atomic E-state index is 13.4. The molecule has 1 aliphatic rings. The second kappa shape index (κ2) is 8.27. The van der Waals surface area contributed by atoms with Gasteiger partial charge in [0.15, 0.2) is 10.8 Å². The minimum absolute atomic E-state index is 0.147. The maximum Gasteiger partial charge on any atom is 0.433 e. The number of alkyl halides is 3. The maximum atomic E-state index is 13.4. The van der Waals surface area contributed by atoms with Crippen LogP contribution in [0.4, 0.5) is 24.9 Å². The van der Waals surface area contributed by atoms with Crippen molar-refractivity contribution in [3.63, 3.8) is 0 Å². The third kappa shape index (κ3) is 4.68. The number of hydrogen-bond donors (Lipinski definition) is 2. The molecule has 3 aromatic rings. The first-order valence-corrected chi connectivity index (χ1v) is 9.66. The number of nitrogens with zero attached hydrogens (tertiary/aromatic N) is 3. The minimum Gasteiger partial charge on any atom is -0.358 e. The van der Waals surface area contributed by atoms with Crippen LogP contribution in [0.1, 0.15) is 22.4 Å². The lowest BCUT2D eigenvalue weighted by Gasteiger charge is -2.19. The average molecular weight is 429 g/mol. The first-order valence-electron chi connectivity index (χ1n) is 9.25.